The fourth-order valence-corrected chi connectivity index (χ4v) is 3.41. The monoisotopic (exact) mass is 362 g/mol. The summed E-state index contributed by atoms with van der Waals surface area (Å²) in [5.41, 5.74) is 3.96. The molecule has 0 radical (unpaired) electrons. The number of para-hydroxylation sites is 1. The minimum Gasteiger partial charge on any atom is -0.497 e. The van der Waals surface area contributed by atoms with E-state index < -0.39 is 0 Å². The molecule has 2 amide bonds. The average molecular weight is 362 g/mol. The topological polar surface area (TPSA) is 59.4 Å². The van der Waals surface area contributed by atoms with Crippen LogP contribution < -0.4 is 15.0 Å². The third-order valence-electron chi connectivity index (χ3n) is 4.86. The number of anilines is 1. The van der Waals surface area contributed by atoms with Crippen LogP contribution in [-0.2, 0) is 6.54 Å². The van der Waals surface area contributed by atoms with E-state index in [2.05, 4.69) is 23.4 Å². The molecule has 0 saturated carbocycles. The van der Waals surface area contributed by atoms with Gasteiger partial charge < -0.3 is 10.1 Å². The Labute approximate surface area is 158 Å². The highest BCUT2D eigenvalue weighted by Crippen LogP contribution is 2.35. The number of carbonyl (C=O) groups is 1. The zero-order valence-corrected chi connectivity index (χ0v) is 15.4. The lowest BCUT2D eigenvalue weighted by atomic mass is 10.0. The molecule has 0 fully saturated rings. The van der Waals surface area contributed by atoms with Crippen molar-refractivity contribution < 1.29 is 9.53 Å². The van der Waals surface area contributed by atoms with Crippen LogP contribution in [0.15, 0.2) is 60.8 Å². The summed E-state index contributed by atoms with van der Waals surface area (Å²) in [4.78, 5) is 14.4. The molecule has 0 saturated heterocycles. The van der Waals surface area contributed by atoms with E-state index in [0.29, 0.717) is 19.0 Å². The van der Waals surface area contributed by atoms with Crippen LogP contribution >= 0.6 is 0 Å². The van der Waals surface area contributed by atoms with Crippen LogP contribution in [0.3, 0.4) is 0 Å². The van der Waals surface area contributed by atoms with Crippen molar-refractivity contribution in [3.63, 3.8) is 0 Å². The van der Waals surface area contributed by atoms with Crippen LogP contribution in [0, 0.1) is 0 Å². The van der Waals surface area contributed by atoms with Crippen molar-refractivity contribution >= 4 is 11.7 Å². The van der Waals surface area contributed by atoms with Crippen molar-refractivity contribution in [3.05, 3.63) is 72.1 Å². The number of urea groups is 1. The van der Waals surface area contributed by atoms with Gasteiger partial charge in [0, 0.05) is 24.3 Å². The van der Waals surface area contributed by atoms with Crippen molar-refractivity contribution in [3.8, 4) is 11.4 Å². The summed E-state index contributed by atoms with van der Waals surface area (Å²) in [5.74, 6) is 1.15. The summed E-state index contributed by atoms with van der Waals surface area (Å²) < 4.78 is 6.96. The lowest BCUT2D eigenvalue weighted by Gasteiger charge is -2.18. The van der Waals surface area contributed by atoms with Crippen molar-refractivity contribution in [1.82, 2.24) is 15.1 Å². The molecule has 1 aliphatic heterocycles. The molecule has 1 atom stereocenters. The fraction of sp³-hybridized carbons (Fsp3) is 0.238. The van der Waals surface area contributed by atoms with Crippen molar-refractivity contribution in [2.45, 2.75) is 19.4 Å². The average Bonchev–Trinajstić information content (AvgIpc) is 3.31. The van der Waals surface area contributed by atoms with Crippen LogP contribution in [0.4, 0.5) is 10.5 Å². The molecule has 0 aliphatic carbocycles. The number of carbonyl (C=O) groups excluding carboxylic acids is 1. The Hall–Kier alpha value is -3.28. The molecule has 4 rings (SSSR count). The van der Waals surface area contributed by atoms with Gasteiger partial charge in [0.15, 0.2) is 0 Å². The van der Waals surface area contributed by atoms with Gasteiger partial charge in [-0.15, -0.1) is 0 Å². The number of amides is 2. The van der Waals surface area contributed by atoms with Gasteiger partial charge in [0.05, 0.1) is 25.0 Å². The number of nitrogens with one attached hydrogen (secondary N) is 1. The van der Waals surface area contributed by atoms with Crippen LogP contribution in [0.2, 0.25) is 0 Å². The largest absolute Gasteiger partial charge is 0.497 e. The number of fused-ring (bicyclic) bond motifs is 1. The number of hydrogen-bond donors (Lipinski definition) is 1. The van der Waals surface area contributed by atoms with Gasteiger partial charge in [-0.1, -0.05) is 25.1 Å². The number of rotatable bonds is 4. The summed E-state index contributed by atoms with van der Waals surface area (Å²) in [7, 11) is 1.64. The molecule has 0 bridgehead atoms. The van der Waals surface area contributed by atoms with Crippen molar-refractivity contribution in [2.24, 2.45) is 0 Å². The molecule has 2 aromatic carbocycles. The molecule has 1 unspecified atom stereocenters. The van der Waals surface area contributed by atoms with E-state index in [1.807, 2.05) is 54.7 Å². The first kappa shape index (κ1) is 17.1. The Morgan fingerprint density at radius 1 is 1.19 bits per heavy atom. The Morgan fingerprint density at radius 2 is 1.96 bits per heavy atom. The number of benzene rings is 2. The van der Waals surface area contributed by atoms with E-state index in [4.69, 9.17) is 4.74 Å². The van der Waals surface area contributed by atoms with Gasteiger partial charge in [-0.25, -0.2) is 9.48 Å². The van der Waals surface area contributed by atoms with Crippen LogP contribution in [0.5, 0.6) is 5.75 Å². The summed E-state index contributed by atoms with van der Waals surface area (Å²) in [6.45, 7) is 3.23. The number of ether oxygens (including phenoxy) is 1. The molecule has 0 spiro atoms. The number of hydrogen-bond acceptors (Lipinski definition) is 3. The van der Waals surface area contributed by atoms with Gasteiger partial charge in [-0.2, -0.15) is 5.10 Å². The molecule has 27 heavy (non-hydrogen) atoms. The molecule has 1 aliphatic rings. The zero-order valence-electron chi connectivity index (χ0n) is 15.4. The maximum Gasteiger partial charge on any atom is 0.322 e. The molecule has 6 heteroatoms. The molecule has 6 nitrogen and oxygen atoms in total. The Kier molecular flexibility index (Phi) is 4.54. The normalized spacial score (nSPS) is 15.5. The maximum absolute atomic E-state index is 12.6. The van der Waals surface area contributed by atoms with Gasteiger partial charge in [0.25, 0.3) is 0 Å². The first-order valence-electron chi connectivity index (χ1n) is 8.99. The predicted molar refractivity (Wildman–Crippen MR) is 105 cm³/mol. The van der Waals surface area contributed by atoms with Gasteiger partial charge in [-0.05, 0) is 42.0 Å². The quantitative estimate of drug-likeness (QED) is 0.770. The van der Waals surface area contributed by atoms with E-state index in [0.717, 1.165) is 22.8 Å². The van der Waals surface area contributed by atoms with Crippen molar-refractivity contribution in [1.29, 1.82) is 0 Å². The first-order valence-corrected chi connectivity index (χ1v) is 8.99. The standard InChI is InChI=1S/C21H22N4O2/c1-15-14-24(20-6-4-3-5-19(15)20)21(26)22-13-16-11-12-25(23-16)17-7-9-18(27-2)10-8-17/h3-12,15H,13-14H2,1-2H3,(H,22,26). The predicted octanol–water partition coefficient (Wildman–Crippen LogP) is 3.71. The summed E-state index contributed by atoms with van der Waals surface area (Å²) in [6, 6.07) is 17.6. The van der Waals surface area contributed by atoms with Crippen LogP contribution in [0.1, 0.15) is 24.1 Å². The maximum atomic E-state index is 12.6. The smallest absolute Gasteiger partial charge is 0.322 e. The zero-order chi connectivity index (χ0) is 18.8. The van der Waals surface area contributed by atoms with Gasteiger partial charge in [0.1, 0.15) is 5.75 Å². The number of methoxy groups -OCH3 is 1. The Morgan fingerprint density at radius 3 is 2.74 bits per heavy atom. The van der Waals surface area contributed by atoms with Gasteiger partial charge >= 0.3 is 6.03 Å². The van der Waals surface area contributed by atoms with Gasteiger partial charge in [0.2, 0.25) is 0 Å². The third-order valence-corrected chi connectivity index (χ3v) is 4.86. The van der Waals surface area contributed by atoms with Crippen LogP contribution in [-0.4, -0.2) is 29.5 Å². The Balaban J connectivity index is 1.41. The first-order chi connectivity index (χ1) is 13.2. The van der Waals surface area contributed by atoms with E-state index in [1.165, 1.54) is 5.56 Å². The van der Waals surface area contributed by atoms with Gasteiger partial charge in [-0.3, -0.25) is 4.90 Å². The molecule has 1 aromatic heterocycles. The highest BCUT2D eigenvalue weighted by molar-refractivity contribution is 5.94. The molecular formula is C21H22N4O2. The van der Waals surface area contributed by atoms with E-state index >= 15 is 0 Å². The van der Waals surface area contributed by atoms with E-state index in [-0.39, 0.29) is 6.03 Å². The molecule has 138 valence electrons. The highest BCUT2D eigenvalue weighted by Gasteiger charge is 2.29. The lowest BCUT2D eigenvalue weighted by molar-refractivity contribution is 0.246. The summed E-state index contributed by atoms with van der Waals surface area (Å²) in [6.07, 6.45) is 1.89. The minimum absolute atomic E-state index is 0.0919. The number of nitrogens with zero attached hydrogens (tertiary/aromatic N) is 3. The molecular weight excluding hydrogens is 340 g/mol. The van der Waals surface area contributed by atoms with Crippen molar-refractivity contribution in [2.75, 3.05) is 18.6 Å². The second-order valence-electron chi connectivity index (χ2n) is 6.68. The Bertz CT molecular complexity index is 949. The van der Waals surface area contributed by atoms with E-state index in [1.54, 1.807) is 16.7 Å². The second kappa shape index (κ2) is 7.15. The number of aromatic nitrogens is 2. The van der Waals surface area contributed by atoms with E-state index in [9.17, 15) is 4.79 Å². The minimum atomic E-state index is -0.0919. The summed E-state index contributed by atoms with van der Waals surface area (Å²) in [5, 5.41) is 7.51. The molecule has 3 aromatic rings. The second-order valence-corrected chi connectivity index (χ2v) is 6.68. The lowest BCUT2D eigenvalue weighted by Crippen LogP contribution is -2.38. The summed E-state index contributed by atoms with van der Waals surface area (Å²) >= 11 is 0. The third kappa shape index (κ3) is 3.38. The fourth-order valence-electron chi connectivity index (χ4n) is 3.41. The van der Waals surface area contributed by atoms with Crippen LogP contribution in [0.25, 0.3) is 5.69 Å². The SMILES string of the molecule is COc1ccc(-n2ccc(CNC(=O)N3CC(C)c4ccccc43)n2)cc1. The highest BCUT2D eigenvalue weighted by atomic mass is 16.5. The molecule has 1 N–H and O–H groups in total. The molecule has 2 heterocycles.